The Balaban J connectivity index is 1.58. The summed E-state index contributed by atoms with van der Waals surface area (Å²) < 4.78 is 5.73. The smallest absolute Gasteiger partial charge is 0.394 e. The molecule has 10 nitrogen and oxygen atoms in total. The maximum atomic E-state index is 12.8. The lowest BCUT2D eigenvalue weighted by molar-refractivity contribution is -0.147. The van der Waals surface area contributed by atoms with E-state index in [1.165, 1.54) is 6.07 Å². The SMILES string of the molecule is Cc1cc2c(cc1Cl)C(=O)N(CC1Cc3c(sc(NC(=O)C(=O)O)c3C(=O)O)CO1)C2=O. The molecule has 1 unspecified atom stereocenters. The highest BCUT2D eigenvalue weighted by Crippen LogP contribution is 2.38. The number of carboxylic acids is 2. The molecule has 3 N–H and O–H groups in total. The van der Waals surface area contributed by atoms with E-state index in [1.54, 1.807) is 13.0 Å². The first-order valence-corrected chi connectivity index (χ1v) is 10.5. The zero-order valence-corrected chi connectivity index (χ0v) is 18.0. The lowest BCUT2D eigenvalue weighted by atomic mass is 10.0. The Morgan fingerprint density at radius 3 is 2.50 bits per heavy atom. The van der Waals surface area contributed by atoms with Crippen molar-refractivity contribution in [1.82, 2.24) is 4.90 Å². The van der Waals surface area contributed by atoms with Crippen LogP contribution in [0, 0.1) is 6.92 Å². The molecule has 0 saturated heterocycles. The molecule has 0 fully saturated rings. The Kier molecular flexibility index (Phi) is 5.49. The number of aliphatic carboxylic acids is 1. The molecule has 1 aromatic heterocycles. The summed E-state index contributed by atoms with van der Waals surface area (Å²) in [6.07, 6.45) is -0.624. The quantitative estimate of drug-likeness (QED) is 0.447. The zero-order valence-electron chi connectivity index (χ0n) is 16.4. The van der Waals surface area contributed by atoms with Gasteiger partial charge in [0.05, 0.1) is 35.9 Å². The number of imide groups is 1. The summed E-state index contributed by atoms with van der Waals surface area (Å²) in [5.41, 5.74) is 1.25. The van der Waals surface area contributed by atoms with Crippen molar-refractivity contribution >= 4 is 57.6 Å². The molecule has 1 aromatic carbocycles. The van der Waals surface area contributed by atoms with Crippen molar-refractivity contribution in [2.24, 2.45) is 0 Å². The first kappa shape index (κ1) is 21.9. The summed E-state index contributed by atoms with van der Waals surface area (Å²) in [7, 11) is 0. The zero-order chi connectivity index (χ0) is 23.3. The lowest BCUT2D eigenvalue weighted by Gasteiger charge is -2.26. The van der Waals surface area contributed by atoms with Crippen LogP contribution >= 0.6 is 22.9 Å². The van der Waals surface area contributed by atoms with Crippen molar-refractivity contribution in [2.75, 3.05) is 11.9 Å². The van der Waals surface area contributed by atoms with Crippen LogP contribution in [0.25, 0.3) is 0 Å². The van der Waals surface area contributed by atoms with Crippen LogP contribution in [0.3, 0.4) is 0 Å². The first-order valence-electron chi connectivity index (χ1n) is 9.28. The van der Waals surface area contributed by atoms with Crippen LogP contribution < -0.4 is 5.32 Å². The van der Waals surface area contributed by atoms with Gasteiger partial charge in [-0.15, -0.1) is 11.3 Å². The Hall–Kier alpha value is -3.28. The van der Waals surface area contributed by atoms with Crippen LogP contribution in [0.1, 0.15) is 47.1 Å². The summed E-state index contributed by atoms with van der Waals surface area (Å²) in [5.74, 6) is -5.45. The minimum absolute atomic E-state index is 0.0119. The minimum atomic E-state index is -1.75. The molecule has 0 aliphatic carbocycles. The highest BCUT2D eigenvalue weighted by atomic mass is 35.5. The number of anilines is 1. The molecule has 0 spiro atoms. The largest absolute Gasteiger partial charge is 0.478 e. The third kappa shape index (κ3) is 3.64. The second-order valence-corrected chi connectivity index (χ2v) is 8.79. The van der Waals surface area contributed by atoms with Crippen LogP contribution in [0.15, 0.2) is 12.1 Å². The van der Waals surface area contributed by atoms with E-state index in [4.69, 9.17) is 21.4 Å². The van der Waals surface area contributed by atoms with E-state index in [2.05, 4.69) is 5.32 Å². The maximum absolute atomic E-state index is 12.8. The molecule has 4 rings (SSSR count). The number of ether oxygens (including phenoxy) is 1. The van der Waals surface area contributed by atoms with Gasteiger partial charge in [0, 0.05) is 16.3 Å². The molecule has 2 aromatic rings. The van der Waals surface area contributed by atoms with Crippen LogP contribution in [0.4, 0.5) is 5.00 Å². The van der Waals surface area contributed by atoms with Gasteiger partial charge >= 0.3 is 17.8 Å². The molecule has 3 heterocycles. The predicted octanol–water partition coefficient (Wildman–Crippen LogP) is 2.17. The summed E-state index contributed by atoms with van der Waals surface area (Å²) in [6, 6.07) is 3.00. The van der Waals surface area contributed by atoms with E-state index in [1.807, 2.05) is 0 Å². The number of nitrogens with one attached hydrogen (secondary N) is 1. The number of thiophene rings is 1. The van der Waals surface area contributed by atoms with Gasteiger partial charge in [0.15, 0.2) is 0 Å². The molecule has 0 saturated carbocycles. The van der Waals surface area contributed by atoms with Crippen LogP contribution in [-0.2, 0) is 27.4 Å². The minimum Gasteiger partial charge on any atom is -0.478 e. The first-order chi connectivity index (χ1) is 15.1. The van der Waals surface area contributed by atoms with Crippen LogP contribution in [0.2, 0.25) is 5.02 Å². The maximum Gasteiger partial charge on any atom is 0.394 e. The number of aromatic carboxylic acids is 1. The molecular weight excluding hydrogens is 464 g/mol. The standard InChI is InChI=1S/C20H15ClN2O8S/c1-7-2-9-10(4-12(7)21)18(26)23(17(9)25)5-8-3-11-13(6-31-8)32-16(14(11)19(27)28)22-15(24)20(29)30/h2,4,8H,3,5-6H2,1H3,(H,22,24)(H,27,28)(H,29,30). The molecule has 0 bridgehead atoms. The number of carboxylic acid groups (broad SMARTS) is 2. The van der Waals surface area contributed by atoms with Crippen molar-refractivity contribution in [3.05, 3.63) is 49.8 Å². The van der Waals surface area contributed by atoms with E-state index in [0.29, 0.717) is 21.0 Å². The molecule has 0 radical (unpaired) electrons. The van der Waals surface area contributed by atoms with Gasteiger partial charge in [-0.2, -0.15) is 0 Å². The van der Waals surface area contributed by atoms with Crippen LogP contribution in [-0.4, -0.2) is 57.4 Å². The molecule has 166 valence electrons. The highest BCUT2D eigenvalue weighted by molar-refractivity contribution is 7.17. The van der Waals surface area contributed by atoms with E-state index >= 15 is 0 Å². The van der Waals surface area contributed by atoms with Gasteiger partial charge in [0.25, 0.3) is 11.8 Å². The number of carbonyl (C=O) groups excluding carboxylic acids is 3. The number of hydrogen-bond donors (Lipinski definition) is 3. The molecule has 1 atom stereocenters. The van der Waals surface area contributed by atoms with Crippen molar-refractivity contribution < 1.29 is 38.9 Å². The normalized spacial score (nSPS) is 17.2. The van der Waals surface area contributed by atoms with E-state index < -0.39 is 35.8 Å². The molecule has 2 aliphatic heterocycles. The average molecular weight is 479 g/mol. The van der Waals surface area contributed by atoms with E-state index in [9.17, 15) is 29.1 Å². The number of benzene rings is 1. The van der Waals surface area contributed by atoms with Gasteiger partial charge in [0.2, 0.25) is 0 Å². The highest BCUT2D eigenvalue weighted by Gasteiger charge is 2.39. The molecule has 3 amide bonds. The van der Waals surface area contributed by atoms with E-state index in [0.717, 1.165) is 16.2 Å². The molecule has 2 aliphatic rings. The number of fused-ring (bicyclic) bond motifs is 2. The number of nitrogens with zero attached hydrogens (tertiary/aromatic N) is 1. The van der Waals surface area contributed by atoms with Crippen molar-refractivity contribution in [3.63, 3.8) is 0 Å². The Morgan fingerprint density at radius 2 is 1.88 bits per heavy atom. The Bertz CT molecular complexity index is 1180. The van der Waals surface area contributed by atoms with Gasteiger partial charge < -0.3 is 20.3 Å². The third-order valence-electron chi connectivity index (χ3n) is 5.24. The number of rotatable bonds is 4. The molecule has 32 heavy (non-hydrogen) atoms. The Morgan fingerprint density at radius 1 is 1.22 bits per heavy atom. The fraction of sp³-hybridized carbons (Fsp3) is 0.250. The van der Waals surface area contributed by atoms with Crippen molar-refractivity contribution in [1.29, 1.82) is 0 Å². The predicted molar refractivity (Wildman–Crippen MR) is 111 cm³/mol. The Labute approximate surface area is 189 Å². The third-order valence-corrected chi connectivity index (χ3v) is 6.77. The summed E-state index contributed by atoms with van der Waals surface area (Å²) in [4.78, 5) is 61.2. The van der Waals surface area contributed by atoms with Gasteiger partial charge in [-0.25, -0.2) is 9.59 Å². The number of amides is 3. The number of hydrogen-bond acceptors (Lipinski definition) is 7. The molecular formula is C20H15ClN2O8S. The van der Waals surface area contributed by atoms with Gasteiger partial charge in [-0.3, -0.25) is 19.3 Å². The van der Waals surface area contributed by atoms with Gasteiger partial charge in [-0.05, 0) is 30.2 Å². The fourth-order valence-electron chi connectivity index (χ4n) is 3.70. The molecule has 12 heteroatoms. The topological polar surface area (TPSA) is 150 Å². The summed E-state index contributed by atoms with van der Waals surface area (Å²) in [6.45, 7) is 1.61. The fourth-order valence-corrected chi connectivity index (χ4v) is 5.00. The van der Waals surface area contributed by atoms with Crippen molar-refractivity contribution in [3.8, 4) is 0 Å². The summed E-state index contributed by atoms with van der Waals surface area (Å²) in [5, 5.41) is 20.7. The van der Waals surface area contributed by atoms with Crippen molar-refractivity contribution in [2.45, 2.75) is 26.1 Å². The monoisotopic (exact) mass is 478 g/mol. The number of halogens is 1. The summed E-state index contributed by atoms with van der Waals surface area (Å²) >= 11 is 6.99. The van der Waals surface area contributed by atoms with Gasteiger partial charge in [0.1, 0.15) is 5.00 Å². The second-order valence-electron chi connectivity index (χ2n) is 7.28. The lowest BCUT2D eigenvalue weighted by Crippen LogP contribution is -2.40. The average Bonchev–Trinajstić information content (AvgIpc) is 3.19. The number of carbonyl (C=O) groups is 5. The second kappa shape index (κ2) is 8.01. The number of aryl methyl sites for hydroxylation is 1. The van der Waals surface area contributed by atoms with E-state index in [-0.39, 0.29) is 41.3 Å². The van der Waals surface area contributed by atoms with Crippen LogP contribution in [0.5, 0.6) is 0 Å². The van der Waals surface area contributed by atoms with Gasteiger partial charge in [-0.1, -0.05) is 11.6 Å².